The molecule has 0 amide bonds. The summed E-state index contributed by atoms with van der Waals surface area (Å²) in [6.07, 6.45) is 2.12. The second-order valence-electron chi connectivity index (χ2n) is 5.59. The van der Waals surface area contributed by atoms with Crippen molar-refractivity contribution in [2.24, 2.45) is 0 Å². The van der Waals surface area contributed by atoms with Crippen LogP contribution in [0.3, 0.4) is 0 Å². The van der Waals surface area contributed by atoms with Gasteiger partial charge in [-0.25, -0.2) is 0 Å². The van der Waals surface area contributed by atoms with Crippen molar-refractivity contribution in [2.75, 3.05) is 78.7 Å². The fraction of sp³-hybridized carbons (Fsp3) is 1.00. The molecule has 0 atom stereocenters. The molecule has 0 aliphatic heterocycles. The third-order valence-corrected chi connectivity index (χ3v) is 4.04. The standard InChI is InChI=1S/C16H37N3O3/c1-3-17(11-14-20)7-5-9-19(13-16-22)10-6-8-18(4-2)12-15-21/h20-22H,3-16H2,1-2H3. The number of likely N-dealkylation sites (N-methyl/N-ethyl adjacent to an activating group) is 2. The molecule has 0 spiro atoms. The quantitative estimate of drug-likeness (QED) is 0.363. The van der Waals surface area contributed by atoms with Crippen LogP contribution in [0.5, 0.6) is 0 Å². The highest BCUT2D eigenvalue weighted by molar-refractivity contribution is 4.63. The molecule has 0 bridgehead atoms. The Labute approximate surface area is 136 Å². The zero-order chi connectivity index (χ0) is 16.6. The number of hydrogen-bond donors (Lipinski definition) is 3. The Hall–Kier alpha value is -0.240. The van der Waals surface area contributed by atoms with Crippen LogP contribution in [0.2, 0.25) is 0 Å². The molecule has 0 aliphatic rings. The van der Waals surface area contributed by atoms with Crippen LogP contribution in [-0.2, 0) is 0 Å². The largest absolute Gasteiger partial charge is 0.395 e. The van der Waals surface area contributed by atoms with Gasteiger partial charge in [-0.15, -0.1) is 0 Å². The summed E-state index contributed by atoms with van der Waals surface area (Å²) >= 11 is 0. The zero-order valence-corrected chi connectivity index (χ0v) is 14.6. The monoisotopic (exact) mass is 319 g/mol. The van der Waals surface area contributed by atoms with Gasteiger partial charge in [0, 0.05) is 19.6 Å². The Kier molecular flexibility index (Phi) is 15.5. The van der Waals surface area contributed by atoms with E-state index in [2.05, 4.69) is 28.5 Å². The Morgan fingerprint density at radius 2 is 0.818 bits per heavy atom. The van der Waals surface area contributed by atoms with Crippen molar-refractivity contribution in [2.45, 2.75) is 26.7 Å². The molecule has 6 heteroatoms. The van der Waals surface area contributed by atoms with Crippen molar-refractivity contribution >= 4 is 0 Å². The highest BCUT2D eigenvalue weighted by atomic mass is 16.3. The second-order valence-corrected chi connectivity index (χ2v) is 5.59. The molecule has 0 aromatic carbocycles. The molecule has 0 radical (unpaired) electrons. The van der Waals surface area contributed by atoms with Crippen molar-refractivity contribution in [3.05, 3.63) is 0 Å². The Bertz CT molecular complexity index is 213. The molecule has 22 heavy (non-hydrogen) atoms. The average Bonchev–Trinajstić information content (AvgIpc) is 2.53. The van der Waals surface area contributed by atoms with E-state index in [1.165, 1.54) is 0 Å². The topological polar surface area (TPSA) is 70.4 Å². The van der Waals surface area contributed by atoms with Gasteiger partial charge < -0.3 is 30.0 Å². The van der Waals surface area contributed by atoms with Crippen molar-refractivity contribution in [1.29, 1.82) is 0 Å². The van der Waals surface area contributed by atoms with Crippen LogP contribution in [0.25, 0.3) is 0 Å². The minimum absolute atomic E-state index is 0.197. The van der Waals surface area contributed by atoms with E-state index in [1.807, 2.05) is 0 Å². The molecule has 0 saturated heterocycles. The van der Waals surface area contributed by atoms with Crippen molar-refractivity contribution in [3.8, 4) is 0 Å². The van der Waals surface area contributed by atoms with Crippen molar-refractivity contribution < 1.29 is 15.3 Å². The summed E-state index contributed by atoms with van der Waals surface area (Å²) in [5.41, 5.74) is 0. The molecule has 0 fully saturated rings. The number of aliphatic hydroxyl groups excluding tert-OH is 3. The van der Waals surface area contributed by atoms with Crippen LogP contribution < -0.4 is 0 Å². The van der Waals surface area contributed by atoms with E-state index < -0.39 is 0 Å². The van der Waals surface area contributed by atoms with Crippen molar-refractivity contribution in [3.63, 3.8) is 0 Å². The average molecular weight is 319 g/mol. The first-order valence-electron chi connectivity index (χ1n) is 8.71. The molecule has 0 aliphatic carbocycles. The van der Waals surface area contributed by atoms with Gasteiger partial charge in [0.15, 0.2) is 0 Å². The third kappa shape index (κ3) is 11.3. The van der Waals surface area contributed by atoms with Gasteiger partial charge in [-0.3, -0.25) is 0 Å². The van der Waals surface area contributed by atoms with Crippen LogP contribution >= 0.6 is 0 Å². The van der Waals surface area contributed by atoms with Gasteiger partial charge in [-0.2, -0.15) is 0 Å². The second kappa shape index (κ2) is 15.6. The van der Waals surface area contributed by atoms with E-state index in [9.17, 15) is 5.11 Å². The highest BCUT2D eigenvalue weighted by Gasteiger charge is 2.08. The molecule has 0 aromatic heterocycles. The summed E-state index contributed by atoms with van der Waals surface area (Å²) in [6.45, 7) is 12.9. The summed E-state index contributed by atoms with van der Waals surface area (Å²) < 4.78 is 0. The van der Waals surface area contributed by atoms with Gasteiger partial charge in [0.2, 0.25) is 0 Å². The van der Waals surface area contributed by atoms with Gasteiger partial charge >= 0.3 is 0 Å². The predicted octanol–water partition coefficient (Wildman–Crippen LogP) is -0.311. The lowest BCUT2D eigenvalue weighted by Crippen LogP contribution is -2.35. The Morgan fingerprint density at radius 1 is 0.500 bits per heavy atom. The molecule has 0 aromatic rings. The number of hydrogen-bond acceptors (Lipinski definition) is 6. The summed E-state index contributed by atoms with van der Waals surface area (Å²) in [5, 5.41) is 27.2. The lowest BCUT2D eigenvalue weighted by Gasteiger charge is -2.25. The maximum Gasteiger partial charge on any atom is 0.0558 e. The summed E-state index contributed by atoms with van der Waals surface area (Å²) in [6, 6.07) is 0. The fourth-order valence-electron chi connectivity index (χ4n) is 2.65. The fourth-order valence-corrected chi connectivity index (χ4v) is 2.65. The van der Waals surface area contributed by atoms with Gasteiger partial charge in [-0.05, 0) is 52.1 Å². The van der Waals surface area contributed by atoms with Crippen molar-refractivity contribution in [1.82, 2.24) is 14.7 Å². The Balaban J connectivity index is 3.94. The summed E-state index contributed by atoms with van der Waals surface area (Å²) in [4.78, 5) is 6.80. The third-order valence-electron chi connectivity index (χ3n) is 4.04. The van der Waals surface area contributed by atoms with E-state index in [0.717, 1.165) is 71.7 Å². The van der Waals surface area contributed by atoms with Crippen LogP contribution in [-0.4, -0.2) is 109 Å². The molecule has 6 nitrogen and oxygen atoms in total. The van der Waals surface area contributed by atoms with E-state index in [-0.39, 0.29) is 19.8 Å². The minimum Gasteiger partial charge on any atom is -0.395 e. The van der Waals surface area contributed by atoms with Gasteiger partial charge in [-0.1, -0.05) is 13.8 Å². The van der Waals surface area contributed by atoms with Gasteiger partial charge in [0.05, 0.1) is 19.8 Å². The zero-order valence-electron chi connectivity index (χ0n) is 14.6. The molecule has 134 valence electrons. The van der Waals surface area contributed by atoms with Crippen LogP contribution in [0.1, 0.15) is 26.7 Å². The number of nitrogens with zero attached hydrogens (tertiary/aromatic N) is 3. The SMILES string of the molecule is CCN(CCO)CCCN(CCO)CCCN(CC)CCO. The number of rotatable bonds is 16. The molecular weight excluding hydrogens is 282 g/mol. The van der Waals surface area contributed by atoms with E-state index in [0.29, 0.717) is 0 Å². The summed E-state index contributed by atoms with van der Waals surface area (Å²) in [5.74, 6) is 0. The van der Waals surface area contributed by atoms with Gasteiger partial charge in [0.25, 0.3) is 0 Å². The van der Waals surface area contributed by atoms with E-state index >= 15 is 0 Å². The lowest BCUT2D eigenvalue weighted by molar-refractivity contribution is 0.160. The maximum atomic E-state index is 9.19. The first kappa shape index (κ1) is 21.8. The molecule has 3 N–H and O–H groups in total. The summed E-state index contributed by atoms with van der Waals surface area (Å²) in [7, 11) is 0. The smallest absolute Gasteiger partial charge is 0.0558 e. The van der Waals surface area contributed by atoms with E-state index in [4.69, 9.17) is 10.2 Å². The lowest BCUT2D eigenvalue weighted by atomic mass is 10.3. The minimum atomic E-state index is 0.197. The van der Waals surface area contributed by atoms with Crippen LogP contribution in [0, 0.1) is 0 Å². The first-order chi connectivity index (χ1) is 10.7. The molecule has 0 unspecified atom stereocenters. The highest BCUT2D eigenvalue weighted by Crippen LogP contribution is 1.99. The predicted molar refractivity (Wildman–Crippen MR) is 91.2 cm³/mol. The normalized spacial score (nSPS) is 12.0. The van der Waals surface area contributed by atoms with Gasteiger partial charge in [0.1, 0.15) is 0 Å². The van der Waals surface area contributed by atoms with E-state index in [1.54, 1.807) is 0 Å². The maximum absolute atomic E-state index is 9.19. The molecular formula is C16H37N3O3. The molecule has 0 heterocycles. The van der Waals surface area contributed by atoms with Crippen LogP contribution in [0.15, 0.2) is 0 Å². The Morgan fingerprint density at radius 3 is 1.14 bits per heavy atom. The van der Waals surface area contributed by atoms with Crippen LogP contribution in [0.4, 0.5) is 0 Å². The number of aliphatic hydroxyl groups is 3. The molecule has 0 rings (SSSR count). The first-order valence-corrected chi connectivity index (χ1v) is 8.71. The molecule has 0 saturated carbocycles.